The summed E-state index contributed by atoms with van der Waals surface area (Å²) in [5.41, 5.74) is 0. The summed E-state index contributed by atoms with van der Waals surface area (Å²) in [5, 5.41) is 0.104. The maximum Gasteiger partial charge on any atom is 0.257 e. The lowest BCUT2D eigenvalue weighted by molar-refractivity contribution is -0.106. The fourth-order valence-electron chi connectivity index (χ4n) is 1.24. The molecule has 0 bridgehead atoms. The Labute approximate surface area is 90.0 Å². The van der Waals surface area contributed by atoms with Crippen molar-refractivity contribution in [2.24, 2.45) is 0 Å². The molecule has 0 aliphatic carbocycles. The lowest BCUT2D eigenvalue weighted by Gasteiger charge is -2.17. The highest BCUT2D eigenvalue weighted by atomic mass is 32.2. The topological polar surface area (TPSA) is 20.3 Å². The molecular weight excluding hydrogens is 194 g/mol. The summed E-state index contributed by atoms with van der Waals surface area (Å²) in [6.45, 7) is 7.36. The summed E-state index contributed by atoms with van der Waals surface area (Å²) in [5.74, 6) is 0. The summed E-state index contributed by atoms with van der Waals surface area (Å²) in [4.78, 5) is 14.0. The van der Waals surface area contributed by atoms with Gasteiger partial charge in [0.1, 0.15) is 0 Å². The van der Waals surface area contributed by atoms with E-state index in [0.717, 1.165) is 17.9 Å². The van der Waals surface area contributed by atoms with Crippen LogP contribution in [0.25, 0.3) is 0 Å². The maximum absolute atomic E-state index is 11.0. The average Bonchev–Trinajstić information content (AvgIpc) is 2.59. The number of carbonyl (C=O) groups excluding carboxylic acids is 1. The first kappa shape index (κ1) is 11.3. The van der Waals surface area contributed by atoms with E-state index in [1.54, 1.807) is 6.08 Å². The van der Waals surface area contributed by atoms with E-state index in [9.17, 15) is 4.79 Å². The van der Waals surface area contributed by atoms with Gasteiger partial charge in [0.2, 0.25) is 11.3 Å². The lowest BCUT2D eigenvalue weighted by atomic mass is 10.2. The molecule has 3 heteroatoms. The van der Waals surface area contributed by atoms with E-state index < -0.39 is 0 Å². The summed E-state index contributed by atoms with van der Waals surface area (Å²) >= 11 is 1.25. The Bertz CT molecular complexity index is 270. The molecule has 1 rings (SSSR count). The molecule has 0 aromatic heterocycles. The molecule has 14 heavy (non-hydrogen) atoms. The molecule has 0 amide bonds. The van der Waals surface area contributed by atoms with Crippen LogP contribution in [0, 0.1) is 6.20 Å². The van der Waals surface area contributed by atoms with E-state index in [1.807, 2.05) is 6.08 Å². The third kappa shape index (κ3) is 2.86. The number of nitrogens with zero attached hydrogens (tertiary/aromatic N) is 1. The fraction of sp³-hybridized carbons (Fsp3) is 0.545. The first-order chi connectivity index (χ1) is 6.67. The number of thioether (sulfide) groups is 1. The van der Waals surface area contributed by atoms with Gasteiger partial charge in [-0.3, -0.25) is 9.69 Å². The summed E-state index contributed by atoms with van der Waals surface area (Å²) in [7, 11) is 0. The van der Waals surface area contributed by atoms with Crippen LogP contribution in [0.1, 0.15) is 27.2 Å². The van der Waals surface area contributed by atoms with Crippen molar-refractivity contribution in [1.29, 1.82) is 0 Å². The summed E-state index contributed by atoms with van der Waals surface area (Å²) in [6, 6.07) is 0.484. The molecule has 0 fully saturated rings. The highest BCUT2D eigenvalue weighted by molar-refractivity contribution is 8.17. The maximum atomic E-state index is 11.0. The quantitative estimate of drug-likeness (QED) is 0.525. The van der Waals surface area contributed by atoms with Gasteiger partial charge < -0.3 is 0 Å². The standard InChI is InChI=1S/C11H16NOS/c1-4-9(3)12(5-2)8-10-6-7-11(13)14-10/h6-7,9H,4-5H2,1-3H3/q+1. The van der Waals surface area contributed by atoms with E-state index in [0.29, 0.717) is 6.04 Å². The van der Waals surface area contributed by atoms with Gasteiger partial charge in [0.15, 0.2) is 0 Å². The van der Waals surface area contributed by atoms with Gasteiger partial charge in [0.05, 0.1) is 18.2 Å². The van der Waals surface area contributed by atoms with E-state index in [-0.39, 0.29) is 5.12 Å². The molecule has 1 aliphatic rings. The van der Waals surface area contributed by atoms with Gasteiger partial charge in [0.25, 0.3) is 4.91 Å². The minimum Gasteiger partial charge on any atom is -0.280 e. The van der Waals surface area contributed by atoms with Crippen molar-refractivity contribution in [3.63, 3.8) is 0 Å². The monoisotopic (exact) mass is 210 g/mol. The number of carbonyl (C=O) groups is 1. The first-order valence-corrected chi connectivity index (χ1v) is 5.79. The van der Waals surface area contributed by atoms with Gasteiger partial charge in [-0.2, -0.15) is 0 Å². The van der Waals surface area contributed by atoms with Crippen LogP contribution in [0.15, 0.2) is 17.1 Å². The van der Waals surface area contributed by atoms with Crippen molar-refractivity contribution in [2.75, 3.05) is 6.54 Å². The van der Waals surface area contributed by atoms with Crippen LogP contribution in [0.5, 0.6) is 0 Å². The fourth-order valence-corrected chi connectivity index (χ4v) is 1.89. The molecule has 0 aromatic carbocycles. The predicted molar refractivity (Wildman–Crippen MR) is 60.6 cm³/mol. The van der Waals surface area contributed by atoms with E-state index >= 15 is 0 Å². The molecule has 0 N–H and O–H groups in total. The van der Waals surface area contributed by atoms with Gasteiger partial charge >= 0.3 is 0 Å². The third-order valence-corrected chi connectivity index (χ3v) is 3.08. The zero-order chi connectivity index (χ0) is 10.6. The van der Waals surface area contributed by atoms with Crippen molar-refractivity contribution in [2.45, 2.75) is 33.2 Å². The molecule has 1 heterocycles. The molecule has 1 aliphatic heterocycles. The minimum atomic E-state index is 0.104. The summed E-state index contributed by atoms with van der Waals surface area (Å²) in [6.07, 6.45) is 7.77. The van der Waals surface area contributed by atoms with Gasteiger partial charge in [-0.1, -0.05) is 6.92 Å². The Kier molecular flexibility index (Phi) is 4.18. The van der Waals surface area contributed by atoms with Crippen LogP contribution in [0.4, 0.5) is 0 Å². The van der Waals surface area contributed by atoms with Crippen molar-refractivity contribution in [3.8, 4) is 0 Å². The highest BCUT2D eigenvalue weighted by Crippen LogP contribution is 2.25. The summed E-state index contributed by atoms with van der Waals surface area (Å²) < 4.78 is 0. The number of hydrogen-bond donors (Lipinski definition) is 0. The Hall–Kier alpha value is -0.790. The van der Waals surface area contributed by atoms with Gasteiger partial charge in [0, 0.05) is 18.3 Å². The Morgan fingerprint density at radius 1 is 1.50 bits per heavy atom. The van der Waals surface area contributed by atoms with E-state index in [2.05, 4.69) is 31.9 Å². The number of allylic oxidation sites excluding steroid dienone is 1. The predicted octanol–water partition coefficient (Wildman–Crippen LogP) is 2.58. The van der Waals surface area contributed by atoms with Crippen molar-refractivity contribution in [3.05, 3.63) is 23.3 Å². The van der Waals surface area contributed by atoms with Crippen LogP contribution in [0.2, 0.25) is 0 Å². The van der Waals surface area contributed by atoms with Crippen molar-refractivity contribution in [1.82, 2.24) is 4.90 Å². The molecule has 1 unspecified atom stereocenters. The van der Waals surface area contributed by atoms with Crippen molar-refractivity contribution < 1.29 is 4.79 Å². The Morgan fingerprint density at radius 3 is 2.64 bits per heavy atom. The zero-order valence-corrected chi connectivity index (χ0v) is 9.73. The molecular formula is C11H16NOS+. The number of hydrogen-bond acceptors (Lipinski definition) is 3. The smallest absolute Gasteiger partial charge is 0.257 e. The molecule has 0 aromatic rings. The largest absolute Gasteiger partial charge is 0.280 e. The molecule has 0 saturated carbocycles. The van der Waals surface area contributed by atoms with E-state index in [1.165, 1.54) is 11.8 Å². The number of rotatable bonds is 4. The van der Waals surface area contributed by atoms with Crippen molar-refractivity contribution >= 4 is 16.9 Å². The minimum absolute atomic E-state index is 0.104. The first-order valence-electron chi connectivity index (χ1n) is 4.97. The van der Waals surface area contributed by atoms with Crippen LogP contribution >= 0.6 is 11.8 Å². The van der Waals surface area contributed by atoms with Crippen LogP contribution in [0.3, 0.4) is 0 Å². The normalized spacial score (nSPS) is 19.9. The zero-order valence-electron chi connectivity index (χ0n) is 8.91. The Balaban J connectivity index is 2.64. The van der Waals surface area contributed by atoms with Gasteiger partial charge in [-0.05, 0) is 20.3 Å². The molecule has 0 saturated heterocycles. The van der Waals surface area contributed by atoms with Crippen LogP contribution < -0.4 is 0 Å². The average molecular weight is 210 g/mol. The van der Waals surface area contributed by atoms with Crippen LogP contribution in [-0.2, 0) is 4.79 Å². The second-order valence-corrected chi connectivity index (χ2v) is 4.32. The molecule has 0 spiro atoms. The second-order valence-electron chi connectivity index (χ2n) is 3.27. The third-order valence-electron chi connectivity index (χ3n) is 2.30. The molecule has 1 atom stereocenters. The van der Waals surface area contributed by atoms with Crippen LogP contribution in [-0.4, -0.2) is 22.6 Å². The second kappa shape index (κ2) is 5.18. The molecule has 76 valence electrons. The van der Waals surface area contributed by atoms with Gasteiger partial charge in [-0.15, -0.1) is 0 Å². The van der Waals surface area contributed by atoms with Gasteiger partial charge in [-0.25, -0.2) is 0 Å². The SMILES string of the molecule is CCC(C)N([C+]=C1C=CC(=O)S1)CC. The van der Waals surface area contributed by atoms with E-state index in [4.69, 9.17) is 0 Å². The lowest BCUT2D eigenvalue weighted by Crippen LogP contribution is -2.27. The molecule has 2 nitrogen and oxygen atoms in total. The highest BCUT2D eigenvalue weighted by Gasteiger charge is 2.22. The molecule has 0 radical (unpaired) electrons. The Morgan fingerprint density at radius 2 is 2.21 bits per heavy atom.